The molecule has 2 saturated heterocycles. The number of carbonyl (C=O) groups excluding carboxylic acids is 1. The van der Waals surface area contributed by atoms with Gasteiger partial charge in [-0.3, -0.25) is 9.89 Å². The van der Waals surface area contributed by atoms with Gasteiger partial charge in [-0.15, -0.1) is 0 Å². The third kappa shape index (κ3) is 7.20. The molecule has 0 unspecified atom stereocenters. The molecule has 2 heterocycles. The van der Waals surface area contributed by atoms with Crippen LogP contribution < -0.4 is 10.6 Å². The molecule has 156 valence electrons. The van der Waals surface area contributed by atoms with E-state index in [9.17, 15) is 4.79 Å². The molecule has 0 aromatic heterocycles. The molecule has 2 N–H and O–H groups in total. The zero-order valence-electron chi connectivity index (χ0n) is 17.7. The summed E-state index contributed by atoms with van der Waals surface area (Å²) in [6, 6.07) is 0.914. The average molecular weight is 382 g/mol. The van der Waals surface area contributed by atoms with Gasteiger partial charge in [-0.05, 0) is 52.0 Å². The van der Waals surface area contributed by atoms with Crippen molar-refractivity contribution >= 4 is 12.1 Å². The van der Waals surface area contributed by atoms with Gasteiger partial charge in [0.2, 0.25) is 0 Å². The van der Waals surface area contributed by atoms with Gasteiger partial charge < -0.3 is 20.3 Å². The highest BCUT2D eigenvalue weighted by Crippen LogP contribution is 2.19. The van der Waals surface area contributed by atoms with Crippen molar-refractivity contribution in [1.82, 2.24) is 20.4 Å². The summed E-state index contributed by atoms with van der Waals surface area (Å²) >= 11 is 0. The third-order valence-electron chi connectivity index (χ3n) is 5.26. The summed E-state index contributed by atoms with van der Waals surface area (Å²) in [7, 11) is 0. The fourth-order valence-corrected chi connectivity index (χ4v) is 3.94. The normalized spacial score (nSPS) is 22.3. The highest BCUT2D eigenvalue weighted by molar-refractivity contribution is 5.80. The van der Waals surface area contributed by atoms with Crippen molar-refractivity contribution in [3.8, 4) is 0 Å². The largest absolute Gasteiger partial charge is 0.450 e. The van der Waals surface area contributed by atoms with E-state index in [1.165, 1.54) is 19.4 Å². The first-order valence-corrected chi connectivity index (χ1v) is 10.7. The molecule has 0 aliphatic carbocycles. The first-order chi connectivity index (χ1) is 13.0. The van der Waals surface area contributed by atoms with Crippen LogP contribution >= 0.6 is 0 Å². The molecule has 0 spiro atoms. The van der Waals surface area contributed by atoms with Crippen LogP contribution in [0, 0.1) is 5.92 Å². The van der Waals surface area contributed by atoms with Gasteiger partial charge in [0.05, 0.1) is 13.2 Å². The number of nitrogens with one attached hydrogen (secondary N) is 2. The van der Waals surface area contributed by atoms with E-state index in [-0.39, 0.29) is 6.09 Å². The molecule has 2 fully saturated rings. The van der Waals surface area contributed by atoms with Gasteiger partial charge in [0.1, 0.15) is 0 Å². The molecule has 2 rings (SSSR count). The monoisotopic (exact) mass is 381 g/mol. The Morgan fingerprint density at radius 1 is 1.19 bits per heavy atom. The second-order valence-corrected chi connectivity index (χ2v) is 8.01. The highest BCUT2D eigenvalue weighted by Gasteiger charge is 2.26. The maximum absolute atomic E-state index is 11.8. The van der Waals surface area contributed by atoms with Crippen LogP contribution in [0.25, 0.3) is 0 Å². The lowest BCUT2D eigenvalue weighted by molar-refractivity contribution is 0.0963. The summed E-state index contributed by atoms with van der Waals surface area (Å²) in [5, 5.41) is 6.95. The molecule has 2 aliphatic rings. The molecule has 2 aliphatic heterocycles. The van der Waals surface area contributed by atoms with Crippen LogP contribution in [0.15, 0.2) is 4.99 Å². The fraction of sp³-hybridized carbons (Fsp3) is 0.900. The Balaban J connectivity index is 1.82. The average Bonchev–Trinajstić information content (AvgIpc) is 3.07. The van der Waals surface area contributed by atoms with E-state index in [1.54, 1.807) is 4.90 Å². The minimum absolute atomic E-state index is 0.192. The number of likely N-dealkylation sites (tertiary alicyclic amines) is 2. The molecule has 0 aromatic carbocycles. The van der Waals surface area contributed by atoms with E-state index in [0.29, 0.717) is 24.6 Å². The lowest BCUT2D eigenvalue weighted by Crippen LogP contribution is -2.50. The molecule has 0 bridgehead atoms. The number of piperidine rings is 1. The molecule has 7 nitrogen and oxygen atoms in total. The smallest absolute Gasteiger partial charge is 0.409 e. The van der Waals surface area contributed by atoms with Crippen molar-refractivity contribution in [2.24, 2.45) is 10.9 Å². The quantitative estimate of drug-likeness (QED) is 0.523. The number of nitrogens with zero attached hydrogens (tertiary/aromatic N) is 3. The van der Waals surface area contributed by atoms with E-state index < -0.39 is 0 Å². The summed E-state index contributed by atoms with van der Waals surface area (Å²) in [6.07, 6.45) is 4.18. The zero-order valence-corrected chi connectivity index (χ0v) is 17.7. The van der Waals surface area contributed by atoms with Gasteiger partial charge in [0, 0.05) is 38.3 Å². The van der Waals surface area contributed by atoms with E-state index in [2.05, 4.69) is 36.3 Å². The molecular weight excluding hydrogens is 342 g/mol. The predicted molar refractivity (Wildman–Crippen MR) is 110 cm³/mol. The van der Waals surface area contributed by atoms with Crippen LogP contribution in [0.4, 0.5) is 4.79 Å². The second kappa shape index (κ2) is 11.4. The van der Waals surface area contributed by atoms with Crippen LogP contribution in [0.1, 0.15) is 53.4 Å². The van der Waals surface area contributed by atoms with E-state index >= 15 is 0 Å². The van der Waals surface area contributed by atoms with Gasteiger partial charge >= 0.3 is 6.09 Å². The first kappa shape index (κ1) is 21.8. The third-order valence-corrected chi connectivity index (χ3v) is 5.26. The highest BCUT2D eigenvalue weighted by atomic mass is 16.6. The van der Waals surface area contributed by atoms with Crippen molar-refractivity contribution in [3.05, 3.63) is 0 Å². The van der Waals surface area contributed by atoms with Gasteiger partial charge in [-0.2, -0.15) is 0 Å². The van der Waals surface area contributed by atoms with Crippen molar-refractivity contribution in [2.45, 2.75) is 65.5 Å². The number of rotatable bonds is 7. The number of amides is 1. The van der Waals surface area contributed by atoms with E-state index in [4.69, 9.17) is 9.73 Å². The standard InChI is InChI=1S/C20H39N5O2/c1-5-21-19(22-14-18-8-7-11-25(18)15-16(3)4)23-17-9-12-24(13-10-17)20(26)27-6-2/h16-18H,5-15H2,1-4H3,(H2,21,22,23)/t18-/m1/s1. The fourth-order valence-electron chi connectivity index (χ4n) is 3.94. The molecular formula is C20H39N5O2. The van der Waals surface area contributed by atoms with Crippen LogP contribution in [-0.4, -0.2) is 79.8 Å². The second-order valence-electron chi connectivity index (χ2n) is 8.01. The number of aliphatic imine (C=N–C) groups is 1. The Labute approximate surface area is 164 Å². The van der Waals surface area contributed by atoms with Crippen LogP contribution in [0.5, 0.6) is 0 Å². The Morgan fingerprint density at radius 2 is 1.93 bits per heavy atom. The van der Waals surface area contributed by atoms with Crippen LogP contribution in [0.2, 0.25) is 0 Å². The van der Waals surface area contributed by atoms with Gasteiger partial charge in [0.15, 0.2) is 5.96 Å². The van der Waals surface area contributed by atoms with Crippen LogP contribution in [0.3, 0.4) is 0 Å². The summed E-state index contributed by atoms with van der Waals surface area (Å²) in [5.74, 6) is 1.61. The Bertz CT molecular complexity index is 475. The molecule has 0 aromatic rings. The van der Waals surface area contributed by atoms with Crippen molar-refractivity contribution in [1.29, 1.82) is 0 Å². The molecule has 0 saturated carbocycles. The van der Waals surface area contributed by atoms with E-state index in [0.717, 1.165) is 51.5 Å². The topological polar surface area (TPSA) is 69.2 Å². The van der Waals surface area contributed by atoms with Crippen LogP contribution in [-0.2, 0) is 4.74 Å². The Morgan fingerprint density at radius 3 is 2.56 bits per heavy atom. The van der Waals surface area contributed by atoms with E-state index in [1.807, 2.05) is 6.92 Å². The zero-order chi connectivity index (χ0) is 19.6. The van der Waals surface area contributed by atoms with Gasteiger partial charge in [-0.1, -0.05) is 13.8 Å². The SMILES string of the molecule is CCNC(=NC[C@H]1CCCN1CC(C)C)NC1CCN(C(=O)OCC)CC1. The minimum Gasteiger partial charge on any atom is -0.450 e. The van der Waals surface area contributed by atoms with Gasteiger partial charge in [-0.25, -0.2) is 4.79 Å². The summed E-state index contributed by atoms with van der Waals surface area (Å²) < 4.78 is 5.10. The maximum atomic E-state index is 11.8. The Kier molecular flexibility index (Phi) is 9.18. The molecule has 0 radical (unpaired) electrons. The number of ether oxygens (including phenoxy) is 1. The van der Waals surface area contributed by atoms with Gasteiger partial charge in [0.25, 0.3) is 0 Å². The Hall–Kier alpha value is -1.50. The number of carbonyl (C=O) groups is 1. The summed E-state index contributed by atoms with van der Waals surface area (Å²) in [4.78, 5) is 21.1. The molecule has 1 amide bonds. The molecule has 7 heteroatoms. The summed E-state index contributed by atoms with van der Waals surface area (Å²) in [6.45, 7) is 14.5. The van der Waals surface area contributed by atoms with Crippen molar-refractivity contribution in [3.63, 3.8) is 0 Å². The summed E-state index contributed by atoms with van der Waals surface area (Å²) in [5.41, 5.74) is 0. The number of hydrogen-bond donors (Lipinski definition) is 2. The van der Waals surface area contributed by atoms with Crippen molar-refractivity contribution in [2.75, 3.05) is 45.9 Å². The maximum Gasteiger partial charge on any atom is 0.409 e. The number of hydrogen-bond acceptors (Lipinski definition) is 4. The minimum atomic E-state index is -0.192. The molecule has 27 heavy (non-hydrogen) atoms. The predicted octanol–water partition coefficient (Wildman–Crippen LogP) is 2.28. The lowest BCUT2D eigenvalue weighted by atomic mass is 10.1. The van der Waals surface area contributed by atoms with Crippen molar-refractivity contribution < 1.29 is 9.53 Å². The first-order valence-electron chi connectivity index (χ1n) is 10.7. The lowest BCUT2D eigenvalue weighted by Gasteiger charge is -2.32. The number of guanidine groups is 1. The molecule has 1 atom stereocenters.